The first kappa shape index (κ1) is 22.3. The largest absolute Gasteiger partial charge is 0.454 e. The molecule has 1 saturated heterocycles. The second kappa shape index (κ2) is 9.00. The predicted molar refractivity (Wildman–Crippen MR) is 124 cm³/mol. The molecule has 2 aliphatic rings. The van der Waals surface area contributed by atoms with Crippen LogP contribution in [0.4, 0.5) is 5.88 Å². The van der Waals surface area contributed by atoms with E-state index in [4.69, 9.17) is 13.9 Å². The van der Waals surface area contributed by atoms with Gasteiger partial charge in [0, 0.05) is 25.2 Å². The van der Waals surface area contributed by atoms with Crippen LogP contribution in [0.2, 0.25) is 0 Å². The summed E-state index contributed by atoms with van der Waals surface area (Å²) in [5.41, 5.74) is 1.63. The van der Waals surface area contributed by atoms with Crippen molar-refractivity contribution in [3.05, 3.63) is 53.7 Å². The molecule has 34 heavy (non-hydrogen) atoms. The number of piperidine rings is 1. The van der Waals surface area contributed by atoms with Crippen molar-refractivity contribution in [1.29, 1.82) is 5.26 Å². The Morgan fingerprint density at radius 1 is 1.18 bits per heavy atom. The maximum atomic E-state index is 13.0. The van der Waals surface area contributed by atoms with Crippen LogP contribution in [-0.2, 0) is 16.6 Å². The fourth-order valence-corrected chi connectivity index (χ4v) is 5.75. The molecule has 0 amide bonds. The molecule has 5 rings (SSSR count). The summed E-state index contributed by atoms with van der Waals surface area (Å²) in [7, 11) is -3.55. The zero-order valence-corrected chi connectivity index (χ0v) is 19.5. The lowest BCUT2D eigenvalue weighted by Crippen LogP contribution is -2.39. The van der Waals surface area contributed by atoms with Crippen molar-refractivity contribution in [2.45, 2.75) is 31.2 Å². The van der Waals surface area contributed by atoms with Gasteiger partial charge in [-0.1, -0.05) is 13.0 Å². The van der Waals surface area contributed by atoms with E-state index in [1.165, 1.54) is 0 Å². The number of benzene rings is 2. The zero-order chi connectivity index (χ0) is 23.7. The van der Waals surface area contributed by atoms with Crippen molar-refractivity contribution in [3.63, 3.8) is 0 Å². The van der Waals surface area contributed by atoms with Crippen molar-refractivity contribution < 1.29 is 22.3 Å². The maximum Gasteiger partial charge on any atom is 0.243 e. The molecule has 0 spiro atoms. The van der Waals surface area contributed by atoms with Gasteiger partial charge in [0.25, 0.3) is 0 Å². The zero-order valence-electron chi connectivity index (χ0n) is 18.7. The molecule has 1 aromatic heterocycles. The highest BCUT2D eigenvalue weighted by atomic mass is 32.2. The highest BCUT2D eigenvalue weighted by molar-refractivity contribution is 7.89. The molecule has 0 unspecified atom stereocenters. The monoisotopic (exact) mass is 480 g/mol. The van der Waals surface area contributed by atoms with Crippen LogP contribution >= 0.6 is 0 Å². The van der Waals surface area contributed by atoms with Gasteiger partial charge in [-0.2, -0.15) is 14.6 Å². The van der Waals surface area contributed by atoms with E-state index in [0.717, 1.165) is 18.4 Å². The summed E-state index contributed by atoms with van der Waals surface area (Å²) in [5.74, 6) is 2.20. The maximum absolute atomic E-state index is 13.0. The van der Waals surface area contributed by atoms with E-state index >= 15 is 0 Å². The molecule has 0 saturated carbocycles. The van der Waals surface area contributed by atoms with E-state index in [0.29, 0.717) is 42.6 Å². The van der Waals surface area contributed by atoms with Crippen molar-refractivity contribution in [2.24, 2.45) is 5.92 Å². The highest BCUT2D eigenvalue weighted by Crippen LogP contribution is 2.33. The van der Waals surface area contributed by atoms with E-state index in [9.17, 15) is 13.7 Å². The molecule has 0 radical (unpaired) electrons. The second-order valence-electron chi connectivity index (χ2n) is 8.48. The van der Waals surface area contributed by atoms with Crippen LogP contribution in [0.15, 0.2) is 51.8 Å². The molecule has 3 heterocycles. The Kier molecular flexibility index (Phi) is 5.89. The third-order valence-electron chi connectivity index (χ3n) is 5.98. The molecule has 2 aromatic carbocycles. The van der Waals surface area contributed by atoms with Crippen LogP contribution < -0.4 is 14.8 Å². The Bertz CT molecular complexity index is 1340. The number of hydrogen-bond donors (Lipinski definition) is 1. The number of nitrogens with one attached hydrogen (secondary N) is 1. The predicted octanol–water partition coefficient (Wildman–Crippen LogP) is 3.97. The Labute approximate surface area is 198 Å². The van der Waals surface area contributed by atoms with Crippen LogP contribution in [0.1, 0.15) is 31.0 Å². The van der Waals surface area contributed by atoms with Gasteiger partial charge in [0.2, 0.25) is 34.3 Å². The highest BCUT2D eigenvalue weighted by Gasteiger charge is 2.28. The summed E-state index contributed by atoms with van der Waals surface area (Å²) >= 11 is 0. The normalized spacial score (nSPS) is 17.9. The topological polar surface area (TPSA) is 118 Å². The van der Waals surface area contributed by atoms with Gasteiger partial charge in [0.15, 0.2) is 11.5 Å². The number of sulfonamides is 1. The number of ether oxygens (including phenoxy) is 2. The molecule has 10 heteroatoms. The Balaban J connectivity index is 1.32. The standard InChI is InChI=1S/C24H24N4O5S/c1-16-3-2-10-28(14-16)34(29,30)19-7-5-18(6-8-19)23-27-20(12-25)24(33-23)26-13-17-4-9-21-22(11-17)32-15-31-21/h4-9,11,16,26H,2-3,10,13-15H2,1H3/t16-/m1/s1. The van der Waals surface area contributed by atoms with E-state index in [-0.39, 0.29) is 29.2 Å². The second-order valence-corrected chi connectivity index (χ2v) is 10.4. The first-order chi connectivity index (χ1) is 16.4. The van der Waals surface area contributed by atoms with Crippen LogP contribution in [0.5, 0.6) is 11.5 Å². The molecule has 3 aromatic rings. The van der Waals surface area contributed by atoms with Gasteiger partial charge in [-0.15, -0.1) is 0 Å². The molecule has 1 atom stereocenters. The number of anilines is 1. The van der Waals surface area contributed by atoms with Gasteiger partial charge >= 0.3 is 0 Å². The van der Waals surface area contributed by atoms with Gasteiger partial charge < -0.3 is 19.2 Å². The van der Waals surface area contributed by atoms with E-state index < -0.39 is 10.0 Å². The quantitative estimate of drug-likeness (QED) is 0.563. The average Bonchev–Trinajstić information content (AvgIpc) is 3.49. The summed E-state index contributed by atoms with van der Waals surface area (Å²) in [6.45, 7) is 3.74. The minimum Gasteiger partial charge on any atom is -0.454 e. The summed E-state index contributed by atoms with van der Waals surface area (Å²) in [5, 5.41) is 12.6. The van der Waals surface area contributed by atoms with Crippen LogP contribution in [-0.4, -0.2) is 37.6 Å². The molecular weight excluding hydrogens is 456 g/mol. The fraction of sp³-hybridized carbons (Fsp3) is 0.333. The molecule has 176 valence electrons. The van der Waals surface area contributed by atoms with Gasteiger partial charge in [-0.3, -0.25) is 0 Å². The number of nitriles is 1. The van der Waals surface area contributed by atoms with Gasteiger partial charge in [-0.05, 0) is 60.7 Å². The van der Waals surface area contributed by atoms with E-state index in [2.05, 4.69) is 17.2 Å². The third kappa shape index (κ3) is 4.32. The summed E-state index contributed by atoms with van der Waals surface area (Å²) < 4.78 is 44.0. The molecule has 9 nitrogen and oxygen atoms in total. The summed E-state index contributed by atoms with van der Waals surface area (Å²) in [6, 6.07) is 14.0. The lowest BCUT2D eigenvalue weighted by molar-refractivity contribution is 0.174. The number of nitrogens with zero attached hydrogens (tertiary/aromatic N) is 3. The van der Waals surface area contributed by atoms with Crippen molar-refractivity contribution in [1.82, 2.24) is 9.29 Å². The summed E-state index contributed by atoms with van der Waals surface area (Å²) in [6.07, 6.45) is 1.91. The van der Waals surface area contributed by atoms with Crippen molar-refractivity contribution >= 4 is 15.9 Å². The Morgan fingerprint density at radius 3 is 2.74 bits per heavy atom. The minimum absolute atomic E-state index is 0.120. The smallest absolute Gasteiger partial charge is 0.243 e. The SMILES string of the molecule is C[C@@H]1CCCN(S(=O)(=O)c2ccc(-c3nc(C#N)c(NCc4ccc5c(c4)OCO5)o3)cc2)C1. The first-order valence-corrected chi connectivity index (χ1v) is 12.5. The van der Waals surface area contributed by atoms with Crippen LogP contribution in [0.25, 0.3) is 11.5 Å². The third-order valence-corrected chi connectivity index (χ3v) is 7.86. The first-order valence-electron chi connectivity index (χ1n) is 11.1. The number of hydrogen-bond acceptors (Lipinski definition) is 8. The fourth-order valence-electron chi connectivity index (χ4n) is 4.16. The Morgan fingerprint density at radius 2 is 1.97 bits per heavy atom. The lowest BCUT2D eigenvalue weighted by atomic mass is 10.0. The van der Waals surface area contributed by atoms with Crippen molar-refractivity contribution in [3.8, 4) is 29.0 Å². The van der Waals surface area contributed by atoms with Crippen LogP contribution in [0.3, 0.4) is 0 Å². The van der Waals surface area contributed by atoms with Gasteiger partial charge in [0.1, 0.15) is 6.07 Å². The molecule has 1 N–H and O–H groups in total. The van der Waals surface area contributed by atoms with Gasteiger partial charge in [-0.25, -0.2) is 8.42 Å². The molecule has 0 bridgehead atoms. The number of oxazole rings is 1. The summed E-state index contributed by atoms with van der Waals surface area (Å²) in [4.78, 5) is 4.50. The van der Waals surface area contributed by atoms with Crippen LogP contribution in [0, 0.1) is 17.2 Å². The van der Waals surface area contributed by atoms with E-state index in [1.807, 2.05) is 24.3 Å². The molecule has 0 aliphatic carbocycles. The number of aromatic nitrogens is 1. The lowest BCUT2D eigenvalue weighted by Gasteiger charge is -2.30. The van der Waals surface area contributed by atoms with Crippen molar-refractivity contribution in [2.75, 3.05) is 25.2 Å². The molecule has 2 aliphatic heterocycles. The number of fused-ring (bicyclic) bond motifs is 1. The average molecular weight is 481 g/mol. The Hall–Kier alpha value is -3.55. The van der Waals surface area contributed by atoms with E-state index in [1.54, 1.807) is 28.6 Å². The van der Waals surface area contributed by atoms with Gasteiger partial charge in [0.05, 0.1) is 4.90 Å². The minimum atomic E-state index is -3.55. The number of rotatable bonds is 6. The molecular formula is C24H24N4O5S. The molecule has 1 fully saturated rings.